The minimum atomic E-state index is -0.410. The van der Waals surface area contributed by atoms with E-state index >= 15 is 0 Å². The van der Waals surface area contributed by atoms with Crippen molar-refractivity contribution in [3.8, 4) is 17.0 Å². The fourth-order valence-electron chi connectivity index (χ4n) is 3.32. The zero-order chi connectivity index (χ0) is 23.5. The van der Waals surface area contributed by atoms with Gasteiger partial charge in [0.1, 0.15) is 5.75 Å². The lowest BCUT2D eigenvalue weighted by Gasteiger charge is -2.14. The van der Waals surface area contributed by atoms with Crippen molar-refractivity contribution in [1.82, 2.24) is 15.3 Å². The number of benzene rings is 2. The van der Waals surface area contributed by atoms with Crippen LogP contribution in [0.4, 0.5) is 16.4 Å². The minimum Gasteiger partial charge on any atom is -0.497 e. The molecule has 3 rings (SSSR count). The Morgan fingerprint density at radius 3 is 2.67 bits per heavy atom. The molecule has 9 nitrogen and oxygen atoms in total. The summed E-state index contributed by atoms with van der Waals surface area (Å²) < 4.78 is 15.6. The van der Waals surface area contributed by atoms with Crippen molar-refractivity contribution >= 4 is 28.5 Å². The molecule has 0 saturated carbocycles. The molecule has 0 atom stereocenters. The van der Waals surface area contributed by atoms with E-state index < -0.39 is 6.09 Å². The summed E-state index contributed by atoms with van der Waals surface area (Å²) in [5.74, 6) is 1.35. The topological polar surface area (TPSA) is 107 Å². The second-order valence-electron chi connectivity index (χ2n) is 7.32. The average molecular weight is 454 g/mol. The van der Waals surface area contributed by atoms with E-state index in [0.717, 1.165) is 39.9 Å². The molecule has 0 fully saturated rings. The van der Waals surface area contributed by atoms with Crippen LogP contribution in [0.15, 0.2) is 42.6 Å². The van der Waals surface area contributed by atoms with Gasteiger partial charge in [-0.2, -0.15) is 0 Å². The number of alkyl carbamates (subject to hydrolysis) is 1. The van der Waals surface area contributed by atoms with Crippen LogP contribution in [0.25, 0.3) is 22.0 Å². The molecule has 33 heavy (non-hydrogen) atoms. The van der Waals surface area contributed by atoms with E-state index in [-0.39, 0.29) is 0 Å². The van der Waals surface area contributed by atoms with E-state index in [1.54, 1.807) is 27.5 Å². The lowest BCUT2D eigenvalue weighted by atomic mass is 10.0. The SMILES string of the molecule is CNc1nccc(-c2cc(NCCCOC(=O)NCCCOC)c3cc(OC)ccc3c2)n1. The van der Waals surface area contributed by atoms with Crippen LogP contribution in [0.2, 0.25) is 0 Å². The van der Waals surface area contributed by atoms with Gasteiger partial charge in [-0.05, 0) is 48.6 Å². The molecule has 3 aromatic rings. The van der Waals surface area contributed by atoms with E-state index in [2.05, 4.69) is 38.1 Å². The lowest BCUT2D eigenvalue weighted by molar-refractivity contribution is 0.143. The Hall–Kier alpha value is -3.59. The molecule has 0 aliphatic heterocycles. The molecule has 2 aromatic carbocycles. The van der Waals surface area contributed by atoms with Gasteiger partial charge in [0, 0.05) is 56.7 Å². The summed E-state index contributed by atoms with van der Waals surface area (Å²) in [7, 11) is 5.08. The molecule has 0 unspecified atom stereocenters. The zero-order valence-corrected chi connectivity index (χ0v) is 19.3. The third kappa shape index (κ3) is 6.95. The number of nitrogens with one attached hydrogen (secondary N) is 3. The monoisotopic (exact) mass is 453 g/mol. The van der Waals surface area contributed by atoms with Gasteiger partial charge in [0.25, 0.3) is 0 Å². The molecule has 3 N–H and O–H groups in total. The van der Waals surface area contributed by atoms with Crippen LogP contribution in [0.3, 0.4) is 0 Å². The second-order valence-corrected chi connectivity index (χ2v) is 7.32. The summed E-state index contributed by atoms with van der Waals surface area (Å²) in [5, 5.41) is 11.2. The van der Waals surface area contributed by atoms with Gasteiger partial charge in [-0.15, -0.1) is 0 Å². The summed E-state index contributed by atoms with van der Waals surface area (Å²) in [5.41, 5.74) is 2.75. The first kappa shape index (κ1) is 24.1. The number of hydrogen-bond donors (Lipinski definition) is 3. The maximum absolute atomic E-state index is 11.7. The maximum atomic E-state index is 11.7. The van der Waals surface area contributed by atoms with Crippen LogP contribution in [-0.4, -0.2) is 63.6 Å². The molecule has 1 amide bonds. The first-order valence-electron chi connectivity index (χ1n) is 10.9. The van der Waals surface area contributed by atoms with Gasteiger partial charge in [0.05, 0.1) is 19.4 Å². The highest BCUT2D eigenvalue weighted by Gasteiger charge is 2.09. The van der Waals surface area contributed by atoms with Crippen LogP contribution in [0.1, 0.15) is 12.8 Å². The Balaban J connectivity index is 1.68. The number of anilines is 2. The standard InChI is InChI=1S/C24H31N5O4/c1-25-23-27-11-8-21(29-23)18-14-17-6-7-19(32-3)16-20(17)22(15-18)26-9-5-13-33-24(30)28-10-4-12-31-2/h6-8,11,14-16,26H,4-5,9-10,12-13H2,1-3H3,(H,28,30)(H,25,27,29). The number of carbonyl (C=O) groups is 1. The van der Waals surface area contributed by atoms with Crippen LogP contribution < -0.4 is 20.7 Å². The third-order valence-electron chi connectivity index (χ3n) is 5.00. The predicted molar refractivity (Wildman–Crippen MR) is 130 cm³/mol. The number of hydrogen-bond acceptors (Lipinski definition) is 8. The Bertz CT molecular complexity index is 1060. The van der Waals surface area contributed by atoms with E-state index in [1.165, 1.54) is 0 Å². The van der Waals surface area contributed by atoms with Crippen LogP contribution >= 0.6 is 0 Å². The van der Waals surface area contributed by atoms with E-state index in [4.69, 9.17) is 14.2 Å². The molecule has 0 radical (unpaired) electrons. The van der Waals surface area contributed by atoms with E-state index in [9.17, 15) is 4.79 Å². The second kappa shape index (κ2) is 12.4. The zero-order valence-electron chi connectivity index (χ0n) is 19.3. The van der Waals surface area contributed by atoms with Gasteiger partial charge >= 0.3 is 6.09 Å². The normalized spacial score (nSPS) is 10.6. The molecule has 0 bridgehead atoms. The molecule has 176 valence electrons. The van der Waals surface area contributed by atoms with Gasteiger partial charge in [-0.25, -0.2) is 14.8 Å². The molecular formula is C24H31N5O4. The van der Waals surface area contributed by atoms with Crippen molar-refractivity contribution in [2.24, 2.45) is 0 Å². The largest absolute Gasteiger partial charge is 0.497 e. The molecule has 1 heterocycles. The molecule has 1 aromatic heterocycles. The predicted octanol–water partition coefficient (Wildman–Crippen LogP) is 3.91. The number of aromatic nitrogens is 2. The number of rotatable bonds is 12. The molecule has 0 aliphatic carbocycles. The summed E-state index contributed by atoms with van der Waals surface area (Å²) in [6.45, 7) is 2.09. The molecular weight excluding hydrogens is 422 g/mol. The fourth-order valence-corrected chi connectivity index (χ4v) is 3.32. The fraction of sp³-hybridized carbons (Fsp3) is 0.375. The van der Waals surface area contributed by atoms with Crippen LogP contribution in [0.5, 0.6) is 5.75 Å². The van der Waals surface area contributed by atoms with Gasteiger partial charge in [-0.3, -0.25) is 0 Å². The molecule has 0 aliphatic rings. The molecule has 0 spiro atoms. The Morgan fingerprint density at radius 1 is 1.03 bits per heavy atom. The minimum absolute atomic E-state index is 0.321. The van der Waals surface area contributed by atoms with Gasteiger partial charge in [0.2, 0.25) is 5.95 Å². The summed E-state index contributed by atoms with van der Waals surface area (Å²) >= 11 is 0. The number of nitrogens with zero attached hydrogens (tertiary/aromatic N) is 2. The van der Waals surface area contributed by atoms with Crippen molar-refractivity contribution in [2.45, 2.75) is 12.8 Å². The van der Waals surface area contributed by atoms with Crippen molar-refractivity contribution in [3.05, 3.63) is 42.6 Å². The Morgan fingerprint density at radius 2 is 1.88 bits per heavy atom. The number of amides is 1. The van der Waals surface area contributed by atoms with Gasteiger partial charge in [-0.1, -0.05) is 6.07 Å². The molecule has 9 heteroatoms. The highest BCUT2D eigenvalue weighted by Crippen LogP contribution is 2.33. The van der Waals surface area contributed by atoms with Gasteiger partial charge < -0.3 is 30.2 Å². The highest BCUT2D eigenvalue weighted by atomic mass is 16.5. The molecule has 0 saturated heterocycles. The quantitative estimate of drug-likeness (QED) is 0.355. The Kier molecular flexibility index (Phi) is 9.08. The van der Waals surface area contributed by atoms with Crippen molar-refractivity contribution in [1.29, 1.82) is 0 Å². The van der Waals surface area contributed by atoms with Crippen LogP contribution in [0, 0.1) is 0 Å². The average Bonchev–Trinajstić information content (AvgIpc) is 2.86. The third-order valence-corrected chi connectivity index (χ3v) is 5.00. The highest BCUT2D eigenvalue weighted by molar-refractivity contribution is 5.98. The maximum Gasteiger partial charge on any atom is 0.407 e. The number of ether oxygens (including phenoxy) is 3. The Labute approximate surface area is 193 Å². The number of methoxy groups -OCH3 is 2. The van der Waals surface area contributed by atoms with Crippen molar-refractivity contribution in [2.75, 3.05) is 58.2 Å². The summed E-state index contributed by atoms with van der Waals surface area (Å²) in [4.78, 5) is 20.5. The van der Waals surface area contributed by atoms with E-state index in [1.807, 2.05) is 24.3 Å². The lowest BCUT2D eigenvalue weighted by Crippen LogP contribution is -2.26. The van der Waals surface area contributed by atoms with Crippen LogP contribution in [-0.2, 0) is 9.47 Å². The first-order valence-corrected chi connectivity index (χ1v) is 10.9. The number of carbonyl (C=O) groups excluding carboxylic acids is 1. The summed E-state index contributed by atoms with van der Waals surface area (Å²) in [6, 6.07) is 12.0. The smallest absolute Gasteiger partial charge is 0.407 e. The van der Waals surface area contributed by atoms with Crippen molar-refractivity contribution in [3.63, 3.8) is 0 Å². The number of fused-ring (bicyclic) bond motifs is 1. The van der Waals surface area contributed by atoms with Gasteiger partial charge in [0.15, 0.2) is 0 Å². The first-order chi connectivity index (χ1) is 16.1. The van der Waals surface area contributed by atoms with E-state index in [0.29, 0.717) is 38.7 Å². The van der Waals surface area contributed by atoms with Crippen molar-refractivity contribution < 1.29 is 19.0 Å². The summed E-state index contributed by atoms with van der Waals surface area (Å²) in [6.07, 6.45) is 2.74.